The minimum absolute atomic E-state index is 0.197. The molecule has 1 heterocycles. The molecule has 5 aromatic carbocycles. The van der Waals surface area contributed by atoms with Gasteiger partial charge in [-0.15, -0.1) is 0 Å². The molecule has 0 atom stereocenters. The van der Waals surface area contributed by atoms with Gasteiger partial charge in [-0.1, -0.05) is 115 Å². The van der Waals surface area contributed by atoms with Gasteiger partial charge in [-0.2, -0.15) is 0 Å². The fourth-order valence-corrected chi connectivity index (χ4v) is 9.94. The molecule has 6 rings (SSSR count). The van der Waals surface area contributed by atoms with Crippen molar-refractivity contribution < 1.29 is 14.4 Å². The second kappa shape index (κ2) is 10.4. The zero-order valence-corrected chi connectivity index (χ0v) is 22.8. The summed E-state index contributed by atoms with van der Waals surface area (Å²) >= 11 is 0. The van der Waals surface area contributed by atoms with Crippen LogP contribution in [0.5, 0.6) is 0 Å². The molecule has 194 valence electrons. The lowest BCUT2D eigenvalue weighted by molar-refractivity contribution is 0.0926. The van der Waals surface area contributed by atoms with Crippen molar-refractivity contribution in [2.45, 2.75) is 6.92 Å². The number of carbonyl (C=O) groups is 3. The van der Waals surface area contributed by atoms with Crippen LogP contribution in [0.25, 0.3) is 0 Å². The van der Waals surface area contributed by atoms with Crippen molar-refractivity contribution in [3.63, 3.8) is 0 Å². The maximum absolute atomic E-state index is 14.7. The lowest BCUT2D eigenvalue weighted by Crippen LogP contribution is -2.34. The van der Waals surface area contributed by atoms with E-state index < -0.39 is 18.7 Å². The zero-order chi connectivity index (χ0) is 27.7. The number of amides is 2. The first kappa shape index (κ1) is 25.5. The molecule has 0 unspecified atom stereocenters. The molecule has 2 amide bonds. The van der Waals surface area contributed by atoms with Crippen molar-refractivity contribution in [3.05, 3.63) is 156 Å². The van der Waals surface area contributed by atoms with Gasteiger partial charge in [-0.3, -0.25) is 14.4 Å². The zero-order valence-electron chi connectivity index (χ0n) is 21.9. The number of carbonyl (C=O) groups excluding carboxylic acids is 3. The number of para-hydroxylation sites is 1. The largest absolute Gasteiger partial charge is 0.289 e. The Morgan fingerprint density at radius 1 is 0.525 bits per heavy atom. The van der Waals surface area contributed by atoms with E-state index in [-0.39, 0.29) is 5.78 Å². The molecule has 1 aliphatic heterocycles. The van der Waals surface area contributed by atoms with Gasteiger partial charge in [-0.05, 0) is 54.0 Å². The highest BCUT2D eigenvalue weighted by Gasteiger charge is 2.39. The van der Waals surface area contributed by atoms with Crippen LogP contribution in [-0.2, 0) is 0 Å². The van der Waals surface area contributed by atoms with Gasteiger partial charge >= 0.3 is 0 Å². The standard InChI is InChI=1S/C35H26NO3P/c1-25(33(37)31-23-13-14-24-32(31)36-34(38)29-21-11-12-22-30(29)35(36)39)40(26-15-5-2-6-16-26,27-17-7-3-8-18-27)28-19-9-4-10-20-28/h2-24H,1H3. The Balaban J connectivity index is 1.63. The topological polar surface area (TPSA) is 54.5 Å². The molecule has 5 aromatic rings. The number of Topliss-reactive ketones (excluding diaryl/α,β-unsaturated/α-hetero) is 1. The molecule has 0 spiro atoms. The Labute approximate surface area is 233 Å². The molecular formula is C35H26NO3P. The van der Waals surface area contributed by atoms with E-state index in [2.05, 4.69) is 36.4 Å². The van der Waals surface area contributed by atoms with Crippen LogP contribution < -0.4 is 20.8 Å². The summed E-state index contributed by atoms with van der Waals surface area (Å²) in [4.78, 5) is 42.7. The normalized spacial score (nSPS) is 12.8. The highest BCUT2D eigenvalue weighted by Crippen LogP contribution is 2.47. The number of rotatable bonds is 6. The fraction of sp³-hybridized carbons (Fsp3) is 0.0286. The predicted molar refractivity (Wildman–Crippen MR) is 164 cm³/mol. The van der Waals surface area contributed by atoms with E-state index in [1.165, 1.54) is 0 Å². The number of benzene rings is 5. The van der Waals surface area contributed by atoms with Gasteiger partial charge in [-0.25, -0.2) is 4.90 Å². The van der Waals surface area contributed by atoms with Gasteiger partial charge in [0.25, 0.3) is 11.8 Å². The molecule has 5 heteroatoms. The summed E-state index contributed by atoms with van der Waals surface area (Å²) in [6.07, 6.45) is 0. The van der Waals surface area contributed by atoms with Crippen molar-refractivity contribution in [2.75, 3.05) is 4.90 Å². The van der Waals surface area contributed by atoms with Gasteiger partial charge in [0.1, 0.15) is 0 Å². The molecule has 1 aliphatic rings. The Morgan fingerprint density at radius 2 is 0.900 bits per heavy atom. The van der Waals surface area contributed by atoms with Crippen LogP contribution in [0.2, 0.25) is 0 Å². The minimum Gasteiger partial charge on any atom is -0.289 e. The van der Waals surface area contributed by atoms with Gasteiger partial charge in [0.05, 0.1) is 16.8 Å². The maximum atomic E-state index is 14.7. The summed E-state index contributed by atoms with van der Waals surface area (Å²) in [5.41, 5.74) is 1.30. The SMILES string of the molecule is CC(C(=O)c1ccccc1N1C(=O)c2ccccc2C1=O)=P(c1ccccc1)(c1ccccc1)c1ccccc1. The van der Waals surface area contributed by atoms with Crippen LogP contribution in [0.4, 0.5) is 5.69 Å². The van der Waals surface area contributed by atoms with Crippen molar-refractivity contribution in [1.82, 2.24) is 0 Å². The Hall–Kier alpha value is -4.79. The van der Waals surface area contributed by atoms with Crippen LogP contribution >= 0.6 is 6.89 Å². The van der Waals surface area contributed by atoms with E-state index in [1.807, 2.05) is 61.5 Å². The second-order valence-electron chi connectivity index (χ2n) is 9.60. The van der Waals surface area contributed by atoms with Crippen molar-refractivity contribution in [3.8, 4) is 0 Å². The molecule has 0 saturated carbocycles. The molecular weight excluding hydrogens is 513 g/mol. The monoisotopic (exact) mass is 539 g/mol. The number of ketones is 1. The third-order valence-corrected chi connectivity index (χ3v) is 11.9. The smallest absolute Gasteiger partial charge is 0.266 e. The Morgan fingerprint density at radius 3 is 1.35 bits per heavy atom. The fourth-order valence-electron chi connectivity index (χ4n) is 5.60. The van der Waals surface area contributed by atoms with E-state index >= 15 is 0 Å². The van der Waals surface area contributed by atoms with Crippen LogP contribution in [0.1, 0.15) is 38.0 Å². The molecule has 0 N–H and O–H groups in total. The third kappa shape index (κ3) is 3.97. The van der Waals surface area contributed by atoms with Crippen LogP contribution in [0.3, 0.4) is 0 Å². The highest BCUT2D eigenvalue weighted by molar-refractivity contribution is 7.96. The van der Waals surface area contributed by atoms with Crippen LogP contribution in [0.15, 0.2) is 140 Å². The molecule has 4 nitrogen and oxygen atoms in total. The third-order valence-electron chi connectivity index (χ3n) is 7.45. The number of anilines is 1. The van der Waals surface area contributed by atoms with E-state index in [9.17, 15) is 14.4 Å². The summed E-state index contributed by atoms with van der Waals surface area (Å²) in [7, 11) is 0. The number of nitrogens with zero attached hydrogens (tertiary/aromatic N) is 1. The first-order valence-electron chi connectivity index (χ1n) is 13.1. The molecule has 0 aromatic heterocycles. The van der Waals surface area contributed by atoms with Gasteiger partial charge in [0.2, 0.25) is 0 Å². The summed E-state index contributed by atoms with van der Waals surface area (Å²) in [5, 5.41) is 3.82. The van der Waals surface area contributed by atoms with Gasteiger partial charge in [0.15, 0.2) is 5.78 Å². The average Bonchev–Trinajstić information content (AvgIpc) is 3.28. The molecule has 0 fully saturated rings. The second-order valence-corrected chi connectivity index (χ2v) is 13.2. The number of fused-ring (bicyclic) bond motifs is 1. The van der Waals surface area contributed by atoms with Crippen molar-refractivity contribution >= 4 is 51.4 Å². The Kier molecular flexibility index (Phi) is 6.63. The Bertz CT molecular complexity index is 1670. The van der Waals surface area contributed by atoms with Crippen LogP contribution in [-0.4, -0.2) is 22.9 Å². The van der Waals surface area contributed by atoms with E-state index in [4.69, 9.17) is 0 Å². The predicted octanol–water partition coefficient (Wildman–Crippen LogP) is 5.86. The van der Waals surface area contributed by atoms with E-state index in [0.29, 0.717) is 27.7 Å². The highest BCUT2D eigenvalue weighted by atomic mass is 31.2. The summed E-state index contributed by atoms with van der Waals surface area (Å²) in [6.45, 7) is -0.723. The lowest BCUT2D eigenvalue weighted by Gasteiger charge is -2.31. The average molecular weight is 540 g/mol. The first-order chi connectivity index (χ1) is 19.5. The molecule has 40 heavy (non-hydrogen) atoms. The summed E-state index contributed by atoms with van der Waals surface area (Å²) in [5.74, 6) is -1.04. The van der Waals surface area contributed by atoms with Crippen molar-refractivity contribution in [1.29, 1.82) is 0 Å². The van der Waals surface area contributed by atoms with Gasteiger partial charge < -0.3 is 0 Å². The lowest BCUT2D eigenvalue weighted by atomic mass is 10.1. The molecule has 0 aliphatic carbocycles. The summed E-state index contributed by atoms with van der Waals surface area (Å²) < 4.78 is 0. The quantitative estimate of drug-likeness (QED) is 0.154. The first-order valence-corrected chi connectivity index (χ1v) is 14.9. The molecule has 0 radical (unpaired) electrons. The van der Waals surface area contributed by atoms with E-state index in [0.717, 1.165) is 20.8 Å². The van der Waals surface area contributed by atoms with Crippen molar-refractivity contribution in [2.24, 2.45) is 0 Å². The van der Waals surface area contributed by atoms with E-state index in [1.54, 1.807) is 48.5 Å². The maximum Gasteiger partial charge on any atom is 0.266 e. The molecule has 0 saturated heterocycles. The number of imide groups is 1. The number of hydrogen-bond donors (Lipinski definition) is 0. The number of hydrogen-bond acceptors (Lipinski definition) is 3. The van der Waals surface area contributed by atoms with Crippen LogP contribution in [0, 0.1) is 0 Å². The summed E-state index contributed by atoms with van der Waals surface area (Å²) in [6, 6.07) is 44.1. The molecule has 0 bridgehead atoms. The minimum atomic E-state index is -2.63. The van der Waals surface area contributed by atoms with Gasteiger partial charge in [0, 0.05) is 10.9 Å².